The van der Waals surface area contributed by atoms with E-state index in [4.69, 9.17) is 5.14 Å². The maximum atomic E-state index is 12.0. The zero-order valence-electron chi connectivity index (χ0n) is 12.0. The van der Waals surface area contributed by atoms with Crippen LogP contribution >= 0.6 is 0 Å². The van der Waals surface area contributed by atoms with E-state index in [1.807, 2.05) is 6.92 Å². The minimum atomic E-state index is -4.04. The van der Waals surface area contributed by atoms with Crippen molar-refractivity contribution in [2.24, 2.45) is 5.14 Å². The van der Waals surface area contributed by atoms with Gasteiger partial charge in [0, 0.05) is 29.4 Å². The first kappa shape index (κ1) is 17.8. The topological polar surface area (TPSA) is 135 Å². The van der Waals surface area contributed by atoms with Gasteiger partial charge in [-0.25, -0.2) is 13.6 Å². The lowest BCUT2D eigenvalue weighted by atomic mass is 10.2. The fraction of sp³-hybridized carbons (Fsp3) is 0.636. The van der Waals surface area contributed by atoms with Gasteiger partial charge in [-0.05, 0) is 12.8 Å². The van der Waals surface area contributed by atoms with E-state index in [1.165, 1.54) is 0 Å². The van der Waals surface area contributed by atoms with Gasteiger partial charge in [-0.1, -0.05) is 13.3 Å². The van der Waals surface area contributed by atoms with E-state index in [1.54, 1.807) is 6.26 Å². The number of nitrogens with one attached hydrogen (secondary N) is 2. The zero-order chi connectivity index (χ0) is 16.0. The molecular formula is C11H20N4O4S2. The number of hydrogen-bond acceptors (Lipinski definition) is 5. The molecule has 1 heterocycles. The summed E-state index contributed by atoms with van der Waals surface area (Å²) < 4.78 is 34.2. The molecule has 0 fully saturated rings. The monoisotopic (exact) mass is 336 g/mol. The van der Waals surface area contributed by atoms with E-state index >= 15 is 0 Å². The standard InChI is InChI=1S/C11H20N4O4S2/c1-3-5-8-10(21(12,18)19)9(15-14-8)11(16)13-6-4-7-20(2)17/h3-7H2,1-2H3,(H,13,16)(H,14,15)(H2,12,18,19). The van der Waals surface area contributed by atoms with Crippen molar-refractivity contribution in [3.63, 3.8) is 0 Å². The molecule has 0 saturated carbocycles. The summed E-state index contributed by atoms with van der Waals surface area (Å²) in [4.78, 5) is 11.7. The second-order valence-electron chi connectivity index (χ2n) is 4.56. The Balaban J connectivity index is 2.87. The van der Waals surface area contributed by atoms with Gasteiger partial charge < -0.3 is 5.32 Å². The van der Waals surface area contributed by atoms with E-state index in [0.29, 0.717) is 37.3 Å². The lowest BCUT2D eigenvalue weighted by Gasteiger charge is -2.05. The van der Waals surface area contributed by atoms with Crippen LogP contribution in [0.4, 0.5) is 0 Å². The van der Waals surface area contributed by atoms with Crippen molar-refractivity contribution in [2.45, 2.75) is 31.1 Å². The number of carbonyl (C=O) groups is 1. The highest BCUT2D eigenvalue weighted by Crippen LogP contribution is 2.18. The number of primary sulfonamides is 1. The minimum Gasteiger partial charge on any atom is -0.351 e. The highest BCUT2D eigenvalue weighted by atomic mass is 32.2. The van der Waals surface area contributed by atoms with Crippen molar-refractivity contribution in [1.82, 2.24) is 15.5 Å². The van der Waals surface area contributed by atoms with Gasteiger partial charge in [0.05, 0.1) is 5.69 Å². The highest BCUT2D eigenvalue weighted by Gasteiger charge is 2.26. The summed E-state index contributed by atoms with van der Waals surface area (Å²) >= 11 is 0. The van der Waals surface area contributed by atoms with E-state index in [0.717, 1.165) is 0 Å². The summed E-state index contributed by atoms with van der Waals surface area (Å²) in [5.74, 6) is -0.149. The number of nitrogens with zero attached hydrogens (tertiary/aromatic N) is 1. The fourth-order valence-corrected chi connectivity index (χ4v) is 3.26. The molecule has 0 aliphatic heterocycles. The van der Waals surface area contributed by atoms with Crippen molar-refractivity contribution in [3.05, 3.63) is 11.4 Å². The summed E-state index contributed by atoms with van der Waals surface area (Å²) in [5, 5.41) is 14.0. The van der Waals surface area contributed by atoms with Crippen LogP contribution in [0, 0.1) is 0 Å². The Morgan fingerprint density at radius 2 is 2.14 bits per heavy atom. The number of rotatable bonds is 8. The summed E-state index contributed by atoms with van der Waals surface area (Å²) in [6.07, 6.45) is 3.23. The Kier molecular flexibility index (Phi) is 6.49. The Hall–Kier alpha value is -1.26. The van der Waals surface area contributed by atoms with Gasteiger partial charge in [0.25, 0.3) is 5.91 Å². The summed E-state index contributed by atoms with van der Waals surface area (Å²) in [7, 11) is -4.97. The highest BCUT2D eigenvalue weighted by molar-refractivity contribution is 7.89. The molecule has 1 rings (SSSR count). The molecule has 1 unspecified atom stereocenters. The van der Waals surface area contributed by atoms with Crippen LogP contribution in [0.25, 0.3) is 0 Å². The van der Waals surface area contributed by atoms with Crippen LogP contribution in [0.15, 0.2) is 4.90 Å². The Morgan fingerprint density at radius 3 is 2.67 bits per heavy atom. The number of amides is 1. The second-order valence-corrected chi connectivity index (χ2v) is 7.61. The van der Waals surface area contributed by atoms with E-state index in [-0.39, 0.29) is 10.6 Å². The van der Waals surface area contributed by atoms with Crippen molar-refractivity contribution in [3.8, 4) is 0 Å². The largest absolute Gasteiger partial charge is 0.351 e. The van der Waals surface area contributed by atoms with Gasteiger partial charge in [0.15, 0.2) is 5.69 Å². The lowest BCUT2D eigenvalue weighted by Crippen LogP contribution is -2.28. The Labute approximate surface area is 126 Å². The molecule has 0 spiro atoms. The molecule has 1 aromatic heterocycles. The molecule has 1 amide bonds. The van der Waals surface area contributed by atoms with Crippen LogP contribution in [-0.4, -0.2) is 47.3 Å². The normalized spacial score (nSPS) is 13.1. The summed E-state index contributed by atoms with van der Waals surface area (Å²) in [5.41, 5.74) is 0.110. The van der Waals surface area contributed by atoms with E-state index < -0.39 is 26.7 Å². The maximum absolute atomic E-state index is 12.0. The number of sulfonamides is 1. The van der Waals surface area contributed by atoms with Crippen LogP contribution in [0.3, 0.4) is 0 Å². The number of aromatic nitrogens is 2. The minimum absolute atomic E-state index is 0.224. The molecule has 4 N–H and O–H groups in total. The quantitative estimate of drug-likeness (QED) is 0.550. The van der Waals surface area contributed by atoms with Gasteiger partial charge in [0.1, 0.15) is 4.90 Å². The number of carbonyl (C=O) groups excluding carboxylic acids is 1. The van der Waals surface area contributed by atoms with E-state index in [2.05, 4.69) is 15.5 Å². The molecule has 0 saturated heterocycles. The van der Waals surface area contributed by atoms with Gasteiger partial charge >= 0.3 is 0 Å². The Bertz CT molecular complexity index is 624. The van der Waals surface area contributed by atoms with Crippen molar-refractivity contribution >= 4 is 26.7 Å². The van der Waals surface area contributed by atoms with E-state index in [9.17, 15) is 17.4 Å². The molecule has 21 heavy (non-hydrogen) atoms. The molecule has 0 bridgehead atoms. The fourth-order valence-electron chi connectivity index (χ4n) is 1.81. The van der Waals surface area contributed by atoms with Crippen LogP contribution < -0.4 is 10.5 Å². The average molecular weight is 336 g/mol. The molecule has 0 aliphatic carbocycles. The van der Waals surface area contributed by atoms with Crippen LogP contribution in [0.5, 0.6) is 0 Å². The van der Waals surface area contributed by atoms with Crippen molar-refractivity contribution in [2.75, 3.05) is 18.6 Å². The van der Waals surface area contributed by atoms with Crippen molar-refractivity contribution < 1.29 is 17.4 Å². The van der Waals surface area contributed by atoms with Gasteiger partial charge in [-0.2, -0.15) is 5.10 Å². The van der Waals surface area contributed by atoms with Crippen LogP contribution in [0.1, 0.15) is 35.9 Å². The van der Waals surface area contributed by atoms with Gasteiger partial charge in [0.2, 0.25) is 10.0 Å². The summed E-state index contributed by atoms with van der Waals surface area (Å²) in [6, 6.07) is 0. The predicted molar refractivity (Wildman–Crippen MR) is 79.8 cm³/mol. The van der Waals surface area contributed by atoms with Gasteiger partial charge in [-0.3, -0.25) is 14.1 Å². The smallest absolute Gasteiger partial charge is 0.273 e. The zero-order valence-corrected chi connectivity index (χ0v) is 13.6. The predicted octanol–water partition coefficient (Wildman–Crippen LogP) is -0.492. The van der Waals surface area contributed by atoms with Crippen LogP contribution in [-0.2, 0) is 27.2 Å². The average Bonchev–Trinajstić information content (AvgIpc) is 2.78. The first-order chi connectivity index (χ1) is 9.77. The third kappa shape index (κ3) is 5.21. The first-order valence-corrected chi connectivity index (χ1v) is 9.73. The number of aryl methyl sites for hydroxylation is 1. The first-order valence-electron chi connectivity index (χ1n) is 6.45. The molecular weight excluding hydrogens is 316 g/mol. The molecule has 120 valence electrons. The molecule has 0 radical (unpaired) electrons. The SMILES string of the molecule is CCCc1[nH]nc(C(=O)NCCCS(C)=O)c1S(N)(=O)=O. The lowest BCUT2D eigenvalue weighted by molar-refractivity contribution is 0.0945. The number of H-pyrrole nitrogens is 1. The molecule has 1 aromatic rings. The molecule has 0 aromatic carbocycles. The molecule has 0 aliphatic rings. The van der Waals surface area contributed by atoms with Gasteiger partial charge in [-0.15, -0.1) is 0 Å². The Morgan fingerprint density at radius 1 is 1.48 bits per heavy atom. The molecule has 1 atom stereocenters. The number of hydrogen-bond donors (Lipinski definition) is 3. The molecule has 10 heteroatoms. The maximum Gasteiger partial charge on any atom is 0.273 e. The summed E-state index contributed by atoms with van der Waals surface area (Å²) in [6.45, 7) is 2.16. The van der Waals surface area contributed by atoms with Crippen molar-refractivity contribution in [1.29, 1.82) is 0 Å². The third-order valence-corrected chi connectivity index (χ3v) is 4.56. The number of aromatic amines is 1. The second kappa shape index (κ2) is 7.66. The number of nitrogens with two attached hydrogens (primary N) is 1. The molecule has 8 nitrogen and oxygen atoms in total. The van der Waals surface area contributed by atoms with Crippen LogP contribution in [0.2, 0.25) is 0 Å². The third-order valence-electron chi connectivity index (χ3n) is 2.69.